The first-order chi connectivity index (χ1) is 7.93. The lowest BCUT2D eigenvalue weighted by molar-refractivity contribution is -0.137. The van der Waals surface area contributed by atoms with E-state index in [1.807, 2.05) is 0 Å². The summed E-state index contributed by atoms with van der Waals surface area (Å²) in [6.45, 7) is 0. The number of hydrogen-bond donors (Lipinski definition) is 0. The van der Waals surface area contributed by atoms with Gasteiger partial charge in [-0.1, -0.05) is 0 Å². The summed E-state index contributed by atoms with van der Waals surface area (Å²) >= 11 is 0. The summed E-state index contributed by atoms with van der Waals surface area (Å²) in [7, 11) is 1.17. The minimum Gasteiger partial charge on any atom is -0.495 e. The average molecular weight is 240 g/mol. The molecule has 0 radical (unpaired) electrons. The van der Waals surface area contributed by atoms with Crippen LogP contribution in [-0.4, -0.2) is 7.11 Å². The van der Waals surface area contributed by atoms with Crippen molar-refractivity contribution in [3.05, 3.63) is 28.8 Å². The van der Waals surface area contributed by atoms with Crippen LogP contribution in [0.1, 0.15) is 16.7 Å². The van der Waals surface area contributed by atoms with E-state index < -0.39 is 11.7 Å². The minimum absolute atomic E-state index is 0.0154. The predicted octanol–water partition coefficient (Wildman–Crippen LogP) is 2.65. The fraction of sp³-hybridized carbons (Fsp3) is 0.273. The van der Waals surface area contributed by atoms with Crippen molar-refractivity contribution in [2.45, 2.75) is 12.6 Å². The molecule has 1 rings (SSSR count). The predicted molar refractivity (Wildman–Crippen MR) is 52.0 cm³/mol. The van der Waals surface area contributed by atoms with Crippen molar-refractivity contribution in [1.29, 1.82) is 10.5 Å². The summed E-state index contributed by atoms with van der Waals surface area (Å²) in [6, 6.07) is 5.00. The first-order valence-corrected chi connectivity index (χ1v) is 4.49. The number of methoxy groups -OCH3 is 1. The molecule has 17 heavy (non-hydrogen) atoms. The fourth-order valence-electron chi connectivity index (χ4n) is 1.35. The van der Waals surface area contributed by atoms with Gasteiger partial charge in [0.05, 0.1) is 30.7 Å². The maximum atomic E-state index is 12.5. The molecule has 0 bridgehead atoms. The van der Waals surface area contributed by atoms with Crippen LogP contribution in [0.2, 0.25) is 0 Å². The molecule has 0 heterocycles. The van der Waals surface area contributed by atoms with Crippen molar-refractivity contribution in [1.82, 2.24) is 0 Å². The molecule has 3 nitrogen and oxygen atoms in total. The minimum atomic E-state index is -4.54. The van der Waals surface area contributed by atoms with Gasteiger partial charge in [0.2, 0.25) is 0 Å². The summed E-state index contributed by atoms with van der Waals surface area (Å²) in [5.41, 5.74) is -0.956. The number of benzene rings is 1. The molecule has 0 N–H and O–H groups in total. The average Bonchev–Trinajstić information content (AvgIpc) is 2.27. The van der Waals surface area contributed by atoms with Crippen LogP contribution in [0.25, 0.3) is 0 Å². The smallest absolute Gasteiger partial charge is 0.416 e. The van der Waals surface area contributed by atoms with Crippen LogP contribution >= 0.6 is 0 Å². The van der Waals surface area contributed by atoms with Gasteiger partial charge >= 0.3 is 6.18 Å². The quantitative estimate of drug-likeness (QED) is 0.798. The number of rotatable bonds is 2. The van der Waals surface area contributed by atoms with E-state index in [4.69, 9.17) is 15.3 Å². The van der Waals surface area contributed by atoms with Gasteiger partial charge in [-0.25, -0.2) is 0 Å². The van der Waals surface area contributed by atoms with Gasteiger partial charge in [0.25, 0.3) is 0 Å². The Balaban J connectivity index is 3.48. The third kappa shape index (κ3) is 2.67. The molecular weight excluding hydrogens is 233 g/mol. The van der Waals surface area contributed by atoms with Crippen molar-refractivity contribution in [2.24, 2.45) is 0 Å². The molecule has 0 aliphatic rings. The highest BCUT2D eigenvalue weighted by atomic mass is 19.4. The zero-order valence-electron chi connectivity index (χ0n) is 8.80. The molecule has 0 atom stereocenters. The second kappa shape index (κ2) is 4.75. The van der Waals surface area contributed by atoms with Crippen LogP contribution in [0.3, 0.4) is 0 Å². The van der Waals surface area contributed by atoms with Gasteiger partial charge in [-0.05, 0) is 17.7 Å². The van der Waals surface area contributed by atoms with E-state index in [1.54, 1.807) is 12.1 Å². The second-order valence-corrected chi connectivity index (χ2v) is 3.16. The molecular formula is C11H7F3N2O. The van der Waals surface area contributed by atoms with Gasteiger partial charge in [-0.15, -0.1) is 0 Å². The first-order valence-electron chi connectivity index (χ1n) is 4.49. The summed E-state index contributed by atoms with van der Waals surface area (Å²) in [5, 5.41) is 17.3. The summed E-state index contributed by atoms with van der Waals surface area (Å²) in [5.74, 6) is -0.174. The van der Waals surface area contributed by atoms with E-state index in [2.05, 4.69) is 0 Å². The zero-order chi connectivity index (χ0) is 13.1. The first kappa shape index (κ1) is 12.9. The summed E-state index contributed by atoms with van der Waals surface area (Å²) in [4.78, 5) is 0. The molecule has 0 saturated carbocycles. The van der Waals surface area contributed by atoms with Crippen LogP contribution in [0, 0.1) is 22.7 Å². The number of ether oxygens (including phenoxy) is 1. The van der Waals surface area contributed by atoms with Crippen LogP contribution in [0.4, 0.5) is 13.2 Å². The maximum Gasteiger partial charge on any atom is 0.416 e. The Hall–Kier alpha value is -2.21. The molecule has 88 valence electrons. The summed E-state index contributed by atoms with van der Waals surface area (Å²) in [6.07, 6.45) is -4.81. The molecule has 0 aliphatic heterocycles. The number of alkyl halides is 3. The van der Waals surface area contributed by atoms with Gasteiger partial charge in [0, 0.05) is 0 Å². The monoisotopic (exact) mass is 240 g/mol. The Bertz CT molecular complexity index is 509. The van der Waals surface area contributed by atoms with E-state index in [1.165, 1.54) is 7.11 Å². The maximum absolute atomic E-state index is 12.5. The van der Waals surface area contributed by atoms with Crippen LogP contribution in [0.15, 0.2) is 12.1 Å². The Morgan fingerprint density at radius 1 is 1.29 bits per heavy atom. The van der Waals surface area contributed by atoms with E-state index in [-0.39, 0.29) is 23.3 Å². The molecule has 0 aliphatic carbocycles. The summed E-state index contributed by atoms with van der Waals surface area (Å²) < 4.78 is 42.3. The van der Waals surface area contributed by atoms with Crippen molar-refractivity contribution < 1.29 is 17.9 Å². The Kier molecular flexibility index (Phi) is 3.59. The van der Waals surface area contributed by atoms with Gasteiger partial charge in [-0.3, -0.25) is 0 Å². The standard InChI is InChI=1S/C11H7F3N2O/c1-17-10-5-8(11(12,13)14)4-7(2-3-15)9(10)6-16/h4-5H,2H2,1H3. The Morgan fingerprint density at radius 3 is 2.35 bits per heavy atom. The molecule has 6 heteroatoms. The highest BCUT2D eigenvalue weighted by Crippen LogP contribution is 2.34. The molecule has 0 fully saturated rings. The van der Waals surface area contributed by atoms with Gasteiger partial charge < -0.3 is 4.74 Å². The lowest BCUT2D eigenvalue weighted by Gasteiger charge is -2.12. The Labute approximate surface area is 95.7 Å². The van der Waals surface area contributed by atoms with Crippen molar-refractivity contribution in [2.75, 3.05) is 7.11 Å². The normalized spacial score (nSPS) is 10.5. The lowest BCUT2D eigenvalue weighted by Crippen LogP contribution is -2.07. The molecule has 0 amide bonds. The van der Waals surface area contributed by atoms with Gasteiger partial charge in [0.1, 0.15) is 11.8 Å². The largest absolute Gasteiger partial charge is 0.495 e. The second-order valence-electron chi connectivity index (χ2n) is 3.16. The highest BCUT2D eigenvalue weighted by Gasteiger charge is 2.32. The lowest BCUT2D eigenvalue weighted by atomic mass is 10.0. The van der Waals surface area contributed by atoms with E-state index in [0.29, 0.717) is 0 Å². The molecule has 0 spiro atoms. The Morgan fingerprint density at radius 2 is 1.94 bits per heavy atom. The molecule has 0 aromatic heterocycles. The van der Waals surface area contributed by atoms with Gasteiger partial charge in [-0.2, -0.15) is 23.7 Å². The molecule has 1 aromatic rings. The number of hydrogen-bond acceptors (Lipinski definition) is 3. The van der Waals surface area contributed by atoms with Gasteiger partial charge in [0.15, 0.2) is 0 Å². The highest BCUT2D eigenvalue weighted by molar-refractivity contribution is 5.52. The molecule has 0 saturated heterocycles. The van der Waals surface area contributed by atoms with E-state index >= 15 is 0 Å². The number of nitrogens with zero attached hydrogens (tertiary/aromatic N) is 2. The van der Waals surface area contributed by atoms with E-state index in [9.17, 15) is 13.2 Å². The van der Waals surface area contributed by atoms with Crippen LogP contribution in [-0.2, 0) is 12.6 Å². The molecule has 1 aromatic carbocycles. The van der Waals surface area contributed by atoms with Crippen molar-refractivity contribution in [3.63, 3.8) is 0 Å². The van der Waals surface area contributed by atoms with E-state index in [0.717, 1.165) is 12.1 Å². The van der Waals surface area contributed by atoms with Crippen LogP contribution in [0.5, 0.6) is 5.75 Å². The SMILES string of the molecule is COc1cc(C(F)(F)F)cc(CC#N)c1C#N. The van der Waals surface area contributed by atoms with Crippen molar-refractivity contribution >= 4 is 0 Å². The van der Waals surface area contributed by atoms with Crippen LogP contribution < -0.4 is 4.74 Å². The number of nitriles is 2. The third-order valence-electron chi connectivity index (χ3n) is 2.11. The number of halogens is 3. The fourth-order valence-corrected chi connectivity index (χ4v) is 1.35. The topological polar surface area (TPSA) is 56.8 Å². The molecule has 0 unspecified atom stereocenters. The third-order valence-corrected chi connectivity index (χ3v) is 2.11. The van der Waals surface area contributed by atoms with Crippen molar-refractivity contribution in [3.8, 4) is 17.9 Å². The zero-order valence-corrected chi connectivity index (χ0v) is 8.80.